The number of anilines is 1. The summed E-state index contributed by atoms with van der Waals surface area (Å²) in [5.41, 5.74) is 2.24. The molecule has 2 rings (SSSR count). The summed E-state index contributed by atoms with van der Waals surface area (Å²) in [5, 5.41) is 7.33. The van der Waals surface area contributed by atoms with E-state index in [0.717, 1.165) is 16.6 Å². The van der Waals surface area contributed by atoms with Crippen molar-refractivity contribution in [2.45, 2.75) is 26.3 Å². The van der Waals surface area contributed by atoms with E-state index in [-0.39, 0.29) is 6.04 Å². The van der Waals surface area contributed by atoms with E-state index in [9.17, 15) is 0 Å². The van der Waals surface area contributed by atoms with Gasteiger partial charge in [0, 0.05) is 10.2 Å². The molecule has 0 unspecified atom stereocenters. The molecule has 1 atom stereocenters. The van der Waals surface area contributed by atoms with Crippen LogP contribution in [0.1, 0.15) is 31.9 Å². The number of nitrogens with one attached hydrogen (secondary N) is 2. The molecule has 2 aromatic carbocycles. The summed E-state index contributed by atoms with van der Waals surface area (Å²) in [4.78, 5) is 0. The summed E-state index contributed by atoms with van der Waals surface area (Å²) in [6, 6.07) is 18.7. The van der Waals surface area contributed by atoms with Gasteiger partial charge >= 0.3 is 0 Å². The monoisotopic (exact) mass is 376 g/mol. The highest BCUT2D eigenvalue weighted by Gasteiger charge is 2.14. The fraction of sp³-hybridized carbons (Fsp3) is 0.278. The lowest BCUT2D eigenvalue weighted by Crippen LogP contribution is -2.33. The van der Waals surface area contributed by atoms with Gasteiger partial charge in [-0.25, -0.2) is 0 Å². The highest BCUT2D eigenvalue weighted by Crippen LogP contribution is 2.21. The van der Waals surface area contributed by atoms with Crippen LogP contribution in [0, 0.1) is 5.92 Å². The van der Waals surface area contributed by atoms with E-state index in [2.05, 4.69) is 64.7 Å². The summed E-state index contributed by atoms with van der Waals surface area (Å²) in [6.45, 7) is 4.45. The van der Waals surface area contributed by atoms with Crippen molar-refractivity contribution in [2.24, 2.45) is 5.92 Å². The molecule has 0 aliphatic rings. The molecule has 0 radical (unpaired) electrons. The molecule has 0 fully saturated rings. The van der Waals surface area contributed by atoms with Crippen LogP contribution in [0.25, 0.3) is 0 Å². The highest BCUT2D eigenvalue weighted by molar-refractivity contribution is 9.10. The first-order chi connectivity index (χ1) is 10.5. The maximum Gasteiger partial charge on any atom is 0.171 e. The Morgan fingerprint density at radius 1 is 1.05 bits per heavy atom. The van der Waals surface area contributed by atoms with Crippen LogP contribution in [-0.2, 0) is 0 Å². The van der Waals surface area contributed by atoms with E-state index in [1.807, 2.05) is 30.3 Å². The van der Waals surface area contributed by atoms with Crippen molar-refractivity contribution in [2.75, 3.05) is 5.32 Å². The number of benzene rings is 2. The topological polar surface area (TPSA) is 24.1 Å². The van der Waals surface area contributed by atoms with Gasteiger partial charge in [-0.1, -0.05) is 60.1 Å². The largest absolute Gasteiger partial charge is 0.356 e. The van der Waals surface area contributed by atoms with Crippen LogP contribution in [0.3, 0.4) is 0 Å². The molecule has 22 heavy (non-hydrogen) atoms. The molecule has 0 saturated heterocycles. The highest BCUT2D eigenvalue weighted by atomic mass is 79.9. The van der Waals surface area contributed by atoms with Crippen molar-refractivity contribution in [1.29, 1.82) is 0 Å². The Kier molecular flexibility index (Phi) is 6.40. The molecule has 0 aliphatic carbocycles. The van der Waals surface area contributed by atoms with Crippen molar-refractivity contribution in [3.05, 3.63) is 64.6 Å². The first-order valence-electron chi connectivity index (χ1n) is 7.42. The molecule has 0 bridgehead atoms. The van der Waals surface area contributed by atoms with Gasteiger partial charge in [-0.15, -0.1) is 0 Å². The van der Waals surface area contributed by atoms with Crippen LogP contribution in [0.4, 0.5) is 5.69 Å². The molecular formula is C18H21BrN2S. The SMILES string of the molecule is CC(C)C[C@H](NC(=S)Nc1ccc(Br)cc1)c1ccccc1. The summed E-state index contributed by atoms with van der Waals surface area (Å²) >= 11 is 8.90. The molecule has 2 nitrogen and oxygen atoms in total. The Morgan fingerprint density at radius 3 is 2.27 bits per heavy atom. The molecule has 0 spiro atoms. The lowest BCUT2D eigenvalue weighted by atomic mass is 9.97. The maximum absolute atomic E-state index is 5.46. The van der Waals surface area contributed by atoms with Crippen molar-refractivity contribution in [3.63, 3.8) is 0 Å². The van der Waals surface area contributed by atoms with Crippen molar-refractivity contribution >= 4 is 38.9 Å². The lowest BCUT2D eigenvalue weighted by molar-refractivity contribution is 0.481. The summed E-state index contributed by atoms with van der Waals surface area (Å²) < 4.78 is 1.05. The van der Waals surface area contributed by atoms with Gasteiger partial charge in [0.15, 0.2) is 5.11 Å². The first kappa shape index (κ1) is 17.0. The van der Waals surface area contributed by atoms with Gasteiger partial charge in [0.05, 0.1) is 6.04 Å². The minimum absolute atomic E-state index is 0.219. The molecule has 0 aromatic heterocycles. The standard InChI is InChI=1S/C18H21BrN2S/c1-13(2)12-17(14-6-4-3-5-7-14)21-18(22)20-16-10-8-15(19)9-11-16/h3-11,13,17H,12H2,1-2H3,(H2,20,21,22)/t17-/m0/s1. The predicted octanol–water partition coefficient (Wildman–Crippen LogP) is 5.52. The van der Waals surface area contributed by atoms with Crippen molar-refractivity contribution in [3.8, 4) is 0 Å². The second-order valence-corrected chi connectivity index (χ2v) is 7.02. The Hall–Kier alpha value is -1.39. The van der Waals surface area contributed by atoms with E-state index in [1.165, 1.54) is 5.56 Å². The second kappa shape index (κ2) is 8.30. The Balaban J connectivity index is 2.03. The Labute approximate surface area is 146 Å². The minimum Gasteiger partial charge on any atom is -0.356 e. The number of hydrogen-bond donors (Lipinski definition) is 2. The fourth-order valence-electron chi connectivity index (χ4n) is 2.29. The van der Waals surface area contributed by atoms with E-state index in [1.54, 1.807) is 0 Å². The van der Waals surface area contributed by atoms with Crippen molar-refractivity contribution in [1.82, 2.24) is 5.32 Å². The van der Waals surface area contributed by atoms with Crippen LogP contribution in [0.15, 0.2) is 59.1 Å². The third kappa shape index (κ3) is 5.43. The molecule has 2 N–H and O–H groups in total. The first-order valence-corrected chi connectivity index (χ1v) is 8.62. The van der Waals surface area contributed by atoms with E-state index in [4.69, 9.17) is 12.2 Å². The van der Waals surface area contributed by atoms with Crippen LogP contribution in [-0.4, -0.2) is 5.11 Å². The van der Waals surface area contributed by atoms with Gasteiger partial charge in [0.1, 0.15) is 0 Å². The third-order valence-electron chi connectivity index (χ3n) is 3.32. The second-order valence-electron chi connectivity index (χ2n) is 5.70. The number of rotatable bonds is 5. The molecule has 0 amide bonds. The van der Waals surface area contributed by atoms with Gasteiger partial charge in [-0.2, -0.15) is 0 Å². The smallest absolute Gasteiger partial charge is 0.171 e. The van der Waals surface area contributed by atoms with Gasteiger partial charge in [-0.3, -0.25) is 0 Å². The summed E-state index contributed by atoms with van der Waals surface area (Å²) in [6.07, 6.45) is 1.03. The van der Waals surface area contributed by atoms with Crippen LogP contribution in [0.5, 0.6) is 0 Å². The van der Waals surface area contributed by atoms with Crippen LogP contribution in [0.2, 0.25) is 0 Å². The predicted molar refractivity (Wildman–Crippen MR) is 102 cm³/mol. The van der Waals surface area contributed by atoms with E-state index < -0.39 is 0 Å². The summed E-state index contributed by atoms with van der Waals surface area (Å²) in [7, 11) is 0. The fourth-order valence-corrected chi connectivity index (χ4v) is 2.82. The zero-order chi connectivity index (χ0) is 15.9. The Morgan fingerprint density at radius 2 is 1.68 bits per heavy atom. The molecule has 4 heteroatoms. The average Bonchev–Trinajstić information content (AvgIpc) is 2.49. The molecular weight excluding hydrogens is 356 g/mol. The van der Waals surface area contributed by atoms with Gasteiger partial charge in [0.25, 0.3) is 0 Å². The summed E-state index contributed by atoms with van der Waals surface area (Å²) in [5.74, 6) is 0.591. The minimum atomic E-state index is 0.219. The number of hydrogen-bond acceptors (Lipinski definition) is 1. The van der Waals surface area contributed by atoms with Gasteiger partial charge in [-0.05, 0) is 54.4 Å². The molecule has 116 valence electrons. The van der Waals surface area contributed by atoms with Crippen LogP contribution < -0.4 is 10.6 Å². The zero-order valence-corrected chi connectivity index (χ0v) is 15.2. The lowest BCUT2D eigenvalue weighted by Gasteiger charge is -2.23. The van der Waals surface area contributed by atoms with Crippen LogP contribution >= 0.6 is 28.1 Å². The van der Waals surface area contributed by atoms with E-state index in [0.29, 0.717) is 11.0 Å². The van der Waals surface area contributed by atoms with Crippen molar-refractivity contribution < 1.29 is 0 Å². The molecule has 0 saturated carbocycles. The normalized spacial score (nSPS) is 12.0. The average molecular weight is 377 g/mol. The molecule has 0 aliphatic heterocycles. The Bertz CT molecular complexity index is 596. The molecule has 2 aromatic rings. The maximum atomic E-state index is 5.46. The zero-order valence-electron chi connectivity index (χ0n) is 12.8. The van der Waals surface area contributed by atoms with E-state index >= 15 is 0 Å². The quantitative estimate of drug-likeness (QED) is 0.671. The molecule has 0 heterocycles. The third-order valence-corrected chi connectivity index (χ3v) is 4.07. The van der Waals surface area contributed by atoms with Gasteiger partial charge in [0.2, 0.25) is 0 Å². The number of halogens is 1. The number of thiocarbonyl (C=S) groups is 1. The van der Waals surface area contributed by atoms with Gasteiger partial charge < -0.3 is 10.6 Å².